The minimum Gasteiger partial charge on any atom is -0.504 e. The number of furan rings is 1. The van der Waals surface area contributed by atoms with Crippen LogP contribution < -0.4 is 15.5 Å². The molecule has 172 valence electrons. The van der Waals surface area contributed by atoms with Crippen molar-refractivity contribution in [2.24, 2.45) is 0 Å². The summed E-state index contributed by atoms with van der Waals surface area (Å²) in [6, 6.07) is 7.63. The molecule has 3 aromatic rings. The molecule has 32 heavy (non-hydrogen) atoms. The van der Waals surface area contributed by atoms with Crippen molar-refractivity contribution in [1.82, 2.24) is 9.46 Å². The number of nitrogens with zero attached hydrogens (tertiary/aromatic N) is 3. The number of hydrogen-bond acceptors (Lipinski definition) is 9. The molecule has 1 atom stereocenters. The highest BCUT2D eigenvalue weighted by atomic mass is 32.2. The fourth-order valence-corrected chi connectivity index (χ4v) is 5.28. The van der Waals surface area contributed by atoms with Gasteiger partial charge in [0, 0.05) is 13.1 Å². The van der Waals surface area contributed by atoms with Crippen LogP contribution in [0.25, 0.3) is 0 Å². The van der Waals surface area contributed by atoms with Gasteiger partial charge in [0.1, 0.15) is 22.5 Å². The molecule has 0 amide bonds. The first kappa shape index (κ1) is 22.0. The van der Waals surface area contributed by atoms with E-state index in [1.165, 1.54) is 22.5 Å². The number of rotatable bonds is 8. The summed E-state index contributed by atoms with van der Waals surface area (Å²) in [6.45, 7) is 4.57. The van der Waals surface area contributed by atoms with Crippen LogP contribution in [0.15, 0.2) is 44.3 Å². The Morgan fingerprint density at radius 2 is 2.03 bits per heavy atom. The average molecular weight is 464 g/mol. The third kappa shape index (κ3) is 4.10. The van der Waals surface area contributed by atoms with Crippen molar-refractivity contribution < 1.29 is 27.5 Å². The third-order valence-corrected chi connectivity index (χ3v) is 7.30. The number of phenols is 1. The third-order valence-electron chi connectivity index (χ3n) is 5.37. The highest BCUT2D eigenvalue weighted by Gasteiger charge is 2.31. The molecule has 0 aliphatic carbocycles. The van der Waals surface area contributed by atoms with E-state index in [1.807, 2.05) is 26.0 Å². The molecule has 1 fully saturated rings. The van der Waals surface area contributed by atoms with Crippen molar-refractivity contribution in [2.45, 2.75) is 44.0 Å². The second-order valence-corrected chi connectivity index (χ2v) is 9.48. The topological polar surface area (TPSA) is 148 Å². The predicted octanol–water partition coefficient (Wildman–Crippen LogP) is 3.01. The molecule has 3 heterocycles. The first-order valence-corrected chi connectivity index (χ1v) is 11.8. The smallest absolute Gasteiger partial charge is 0.320 e. The van der Waals surface area contributed by atoms with E-state index in [-0.39, 0.29) is 33.2 Å². The van der Waals surface area contributed by atoms with Crippen LogP contribution >= 0.6 is 0 Å². The number of hydrogen-bond donors (Lipinski definition) is 3. The van der Waals surface area contributed by atoms with Crippen LogP contribution in [0.1, 0.15) is 43.7 Å². The maximum absolute atomic E-state index is 12.9. The number of anilines is 3. The summed E-state index contributed by atoms with van der Waals surface area (Å²) in [5.74, 6) is 0.879. The molecule has 0 bridgehead atoms. The number of nitrogens with one attached hydrogen (secondary N) is 2. The molecule has 2 aromatic heterocycles. The van der Waals surface area contributed by atoms with Gasteiger partial charge < -0.3 is 24.7 Å². The summed E-state index contributed by atoms with van der Waals surface area (Å²) in [7, 11) is -3.84. The van der Waals surface area contributed by atoms with Crippen LogP contribution in [-0.4, -0.2) is 36.1 Å². The van der Waals surface area contributed by atoms with Gasteiger partial charge in [0.15, 0.2) is 5.75 Å². The summed E-state index contributed by atoms with van der Waals surface area (Å²) in [5, 5.41) is 32.4. The van der Waals surface area contributed by atoms with Crippen LogP contribution in [0.4, 0.5) is 17.3 Å². The highest BCUT2D eigenvalue weighted by Crippen LogP contribution is 2.36. The Kier molecular flexibility index (Phi) is 5.98. The standard InChI is InChI=1S/C20H25N5O6S/c1-3-14(16-10-9-13(2)30-16)22-20-19(23-31-25(20)27)21-15-7-6-8-17(18(15)26)32(28,29)24-11-4-5-12-24/h6-10,14,22,26H,3-5,11-12H2,1-2H3,(H,21,23)/t14-/m1/s1. The lowest BCUT2D eigenvalue weighted by Gasteiger charge is -2.17. The molecule has 0 spiro atoms. The van der Waals surface area contributed by atoms with Crippen molar-refractivity contribution in [1.29, 1.82) is 0 Å². The maximum Gasteiger partial charge on any atom is 0.320 e. The molecule has 0 saturated carbocycles. The zero-order valence-corrected chi connectivity index (χ0v) is 18.6. The molecule has 1 saturated heterocycles. The van der Waals surface area contributed by atoms with Crippen LogP contribution in [-0.2, 0) is 10.0 Å². The van der Waals surface area contributed by atoms with E-state index >= 15 is 0 Å². The van der Waals surface area contributed by atoms with Crippen molar-refractivity contribution in [3.05, 3.63) is 47.1 Å². The van der Waals surface area contributed by atoms with Gasteiger partial charge in [-0.15, -0.1) is 0 Å². The molecule has 11 nitrogen and oxygen atoms in total. The minimum atomic E-state index is -3.84. The van der Waals surface area contributed by atoms with E-state index in [0.29, 0.717) is 25.3 Å². The lowest BCUT2D eigenvalue weighted by Crippen LogP contribution is -2.29. The van der Waals surface area contributed by atoms with Gasteiger partial charge >= 0.3 is 11.6 Å². The number of benzene rings is 1. The van der Waals surface area contributed by atoms with E-state index in [1.54, 1.807) is 0 Å². The van der Waals surface area contributed by atoms with E-state index in [4.69, 9.17) is 9.05 Å². The highest BCUT2D eigenvalue weighted by molar-refractivity contribution is 7.89. The SMILES string of the molecule is CC[C@@H](Nc1c(Nc2cccc(S(=O)(=O)N3CCCC3)c2O)no[n+]1[O-])c1ccc(C)o1. The largest absolute Gasteiger partial charge is 0.504 e. The number of aromatic nitrogens is 2. The van der Waals surface area contributed by atoms with Crippen LogP contribution in [0.2, 0.25) is 0 Å². The summed E-state index contributed by atoms with van der Waals surface area (Å²) in [4.78, 5) is -0.0160. The Labute approximate surface area is 185 Å². The van der Waals surface area contributed by atoms with Gasteiger partial charge in [-0.3, -0.25) is 5.32 Å². The Morgan fingerprint density at radius 3 is 2.69 bits per heavy atom. The van der Waals surface area contributed by atoms with Gasteiger partial charge in [0.2, 0.25) is 10.0 Å². The first-order chi connectivity index (χ1) is 15.3. The van der Waals surface area contributed by atoms with Crippen molar-refractivity contribution >= 4 is 27.3 Å². The van der Waals surface area contributed by atoms with E-state index in [9.17, 15) is 18.7 Å². The molecule has 3 N–H and O–H groups in total. The lowest BCUT2D eigenvalue weighted by atomic mass is 10.2. The summed E-state index contributed by atoms with van der Waals surface area (Å²) < 4.78 is 37.5. The molecular weight excluding hydrogens is 438 g/mol. The van der Waals surface area contributed by atoms with E-state index < -0.39 is 15.8 Å². The number of aryl methyl sites for hydroxylation is 1. The zero-order chi connectivity index (χ0) is 22.9. The minimum absolute atomic E-state index is 0.00671. The maximum atomic E-state index is 12.9. The van der Waals surface area contributed by atoms with Crippen molar-refractivity contribution in [3.63, 3.8) is 0 Å². The predicted molar refractivity (Wildman–Crippen MR) is 115 cm³/mol. The van der Waals surface area contributed by atoms with Gasteiger partial charge in [-0.1, -0.05) is 17.9 Å². The quantitative estimate of drug-likeness (QED) is 0.338. The van der Waals surface area contributed by atoms with E-state index in [0.717, 1.165) is 18.6 Å². The van der Waals surface area contributed by atoms with Gasteiger partial charge in [-0.25, -0.2) is 8.42 Å². The fourth-order valence-electron chi connectivity index (χ4n) is 3.66. The first-order valence-electron chi connectivity index (χ1n) is 10.3. The molecule has 12 heteroatoms. The molecule has 1 aliphatic rings. The summed E-state index contributed by atoms with van der Waals surface area (Å²) in [6.07, 6.45) is 2.17. The second kappa shape index (κ2) is 8.71. The van der Waals surface area contributed by atoms with Crippen LogP contribution in [0.3, 0.4) is 0 Å². The number of para-hydroxylation sites is 1. The van der Waals surface area contributed by atoms with Gasteiger partial charge in [-0.05, 0) is 55.6 Å². The summed E-state index contributed by atoms with van der Waals surface area (Å²) >= 11 is 0. The summed E-state index contributed by atoms with van der Waals surface area (Å²) in [5.41, 5.74) is 0.0733. The molecule has 0 radical (unpaired) electrons. The average Bonchev–Trinajstić information content (AvgIpc) is 3.51. The van der Waals surface area contributed by atoms with Crippen molar-refractivity contribution in [3.8, 4) is 5.75 Å². The van der Waals surface area contributed by atoms with Gasteiger partial charge in [-0.2, -0.15) is 4.31 Å². The Morgan fingerprint density at radius 1 is 1.28 bits per heavy atom. The Bertz CT molecular complexity index is 1200. The fraction of sp³-hybridized carbons (Fsp3) is 0.400. The van der Waals surface area contributed by atoms with Crippen molar-refractivity contribution in [2.75, 3.05) is 23.7 Å². The van der Waals surface area contributed by atoms with Gasteiger partial charge in [0.05, 0.1) is 5.69 Å². The molecular formula is C20H25N5O6S. The van der Waals surface area contributed by atoms with Crippen LogP contribution in [0.5, 0.6) is 5.75 Å². The second-order valence-electron chi connectivity index (χ2n) is 7.57. The molecule has 1 aliphatic heterocycles. The molecule has 1 aromatic carbocycles. The molecule has 4 rings (SSSR count). The van der Waals surface area contributed by atoms with Crippen LogP contribution in [0, 0.1) is 12.1 Å². The molecule has 0 unspecified atom stereocenters. The number of sulfonamides is 1. The lowest BCUT2D eigenvalue weighted by molar-refractivity contribution is -0.791. The normalized spacial score (nSPS) is 15.7. The van der Waals surface area contributed by atoms with E-state index in [2.05, 4.69) is 15.8 Å². The zero-order valence-electron chi connectivity index (χ0n) is 17.7. The number of phenolic OH excluding ortho intramolecular Hbond substituents is 1. The monoisotopic (exact) mass is 463 g/mol. The van der Waals surface area contributed by atoms with Gasteiger partial charge in [0.25, 0.3) is 0 Å². The number of aromatic hydroxyl groups is 1. The Hall–Kier alpha value is -3.25. The Balaban J connectivity index is 1.62.